The van der Waals surface area contributed by atoms with Gasteiger partial charge in [-0.3, -0.25) is 15.0 Å². The van der Waals surface area contributed by atoms with E-state index in [0.29, 0.717) is 28.3 Å². The lowest BCUT2D eigenvalue weighted by atomic mass is 10.0. The molecule has 0 fully saturated rings. The third-order valence-electron chi connectivity index (χ3n) is 4.77. The van der Waals surface area contributed by atoms with Crippen LogP contribution in [0.4, 0.5) is 11.4 Å². The highest BCUT2D eigenvalue weighted by atomic mass is 16.3. The van der Waals surface area contributed by atoms with Gasteiger partial charge >= 0.3 is 0 Å². The Morgan fingerprint density at radius 2 is 1.88 bits per heavy atom. The van der Waals surface area contributed by atoms with Crippen LogP contribution in [0.15, 0.2) is 64.0 Å². The van der Waals surface area contributed by atoms with Crippen LogP contribution in [0.3, 0.4) is 0 Å². The lowest BCUT2D eigenvalue weighted by molar-refractivity contribution is -0.120. The fraction of sp³-hybridized carbons (Fsp3) is 0.208. The summed E-state index contributed by atoms with van der Waals surface area (Å²) in [7, 11) is 0. The zero-order valence-corrected chi connectivity index (χ0v) is 18.1. The maximum atomic E-state index is 13.1. The van der Waals surface area contributed by atoms with Gasteiger partial charge in [0.1, 0.15) is 23.5 Å². The number of hydrogen-bond donors (Lipinski definition) is 5. The van der Waals surface area contributed by atoms with Crippen molar-refractivity contribution < 1.29 is 9.21 Å². The van der Waals surface area contributed by atoms with Gasteiger partial charge in [-0.2, -0.15) is 0 Å². The smallest absolute Gasteiger partial charge is 0.224 e. The second kappa shape index (κ2) is 9.82. The second-order valence-electron chi connectivity index (χ2n) is 7.77. The molecule has 1 amide bonds. The standard InChI is InChI=1S/C24H27N5O3/c1-14(2)29-20-13-32-23(17-4-3-5-18(25)10-17)19(22(20)31)11-21(30)28-12-15-6-8-16(9-7-15)24(26)27/h3-10,13-14,29H,11-12,25H2,1-2H3,(H3,26,27)(H,28,30). The van der Waals surface area contributed by atoms with Crippen LogP contribution in [0.1, 0.15) is 30.5 Å². The Bertz CT molecular complexity index is 1180. The number of rotatable bonds is 8. The van der Waals surface area contributed by atoms with Gasteiger partial charge in [0.25, 0.3) is 0 Å². The molecule has 0 aliphatic heterocycles. The van der Waals surface area contributed by atoms with Crippen LogP contribution in [0.2, 0.25) is 0 Å². The zero-order chi connectivity index (χ0) is 23.3. The van der Waals surface area contributed by atoms with E-state index in [-0.39, 0.29) is 41.7 Å². The van der Waals surface area contributed by atoms with Crippen molar-refractivity contribution in [3.8, 4) is 11.3 Å². The minimum atomic E-state index is -0.320. The fourth-order valence-corrected chi connectivity index (χ4v) is 3.23. The number of amides is 1. The topological polar surface area (TPSA) is 147 Å². The molecule has 8 heteroatoms. The van der Waals surface area contributed by atoms with Gasteiger partial charge in [-0.25, -0.2) is 0 Å². The molecule has 1 aromatic heterocycles. The quantitative estimate of drug-likeness (QED) is 0.210. The normalized spacial score (nSPS) is 10.7. The number of nitrogens with two attached hydrogens (primary N) is 2. The van der Waals surface area contributed by atoms with E-state index in [0.717, 1.165) is 5.56 Å². The van der Waals surface area contributed by atoms with Crippen molar-refractivity contribution in [2.75, 3.05) is 11.1 Å². The van der Waals surface area contributed by atoms with Crippen LogP contribution in [-0.2, 0) is 17.8 Å². The zero-order valence-electron chi connectivity index (χ0n) is 18.1. The van der Waals surface area contributed by atoms with E-state index in [2.05, 4.69) is 10.6 Å². The van der Waals surface area contributed by atoms with Crippen molar-refractivity contribution in [2.24, 2.45) is 5.73 Å². The molecule has 0 spiro atoms. The van der Waals surface area contributed by atoms with Crippen molar-refractivity contribution in [1.29, 1.82) is 5.41 Å². The monoisotopic (exact) mass is 433 g/mol. The van der Waals surface area contributed by atoms with Crippen molar-refractivity contribution >= 4 is 23.1 Å². The molecular weight excluding hydrogens is 406 g/mol. The van der Waals surface area contributed by atoms with Gasteiger partial charge < -0.3 is 26.5 Å². The Balaban J connectivity index is 1.84. The predicted molar refractivity (Wildman–Crippen MR) is 127 cm³/mol. The molecule has 3 rings (SSSR count). The molecule has 0 atom stereocenters. The molecule has 3 aromatic rings. The van der Waals surface area contributed by atoms with Crippen molar-refractivity contribution in [1.82, 2.24) is 5.32 Å². The summed E-state index contributed by atoms with van der Waals surface area (Å²) < 4.78 is 5.78. The van der Waals surface area contributed by atoms with E-state index >= 15 is 0 Å². The molecule has 0 bridgehead atoms. The first kappa shape index (κ1) is 22.6. The van der Waals surface area contributed by atoms with Crippen LogP contribution in [0, 0.1) is 5.41 Å². The first-order chi connectivity index (χ1) is 15.2. The first-order valence-corrected chi connectivity index (χ1v) is 10.2. The minimum absolute atomic E-state index is 0.0173. The molecule has 0 aliphatic rings. The average molecular weight is 434 g/mol. The molecule has 166 valence electrons. The Hall–Kier alpha value is -4.07. The molecule has 0 aliphatic carbocycles. The van der Waals surface area contributed by atoms with E-state index in [1.807, 2.05) is 13.8 Å². The number of carbonyl (C=O) groups is 1. The summed E-state index contributed by atoms with van der Waals surface area (Å²) in [5.74, 6) is -0.0198. The third kappa shape index (κ3) is 5.54. The van der Waals surface area contributed by atoms with Crippen LogP contribution in [0.5, 0.6) is 0 Å². The van der Waals surface area contributed by atoms with Gasteiger partial charge in [-0.15, -0.1) is 0 Å². The van der Waals surface area contributed by atoms with Crippen molar-refractivity contribution in [3.63, 3.8) is 0 Å². The lowest BCUT2D eigenvalue weighted by Gasteiger charge is -2.14. The van der Waals surface area contributed by atoms with Gasteiger partial charge in [0.05, 0.1) is 12.0 Å². The van der Waals surface area contributed by atoms with E-state index in [1.54, 1.807) is 48.5 Å². The minimum Gasteiger partial charge on any atom is -0.462 e. The number of nitrogen functional groups attached to an aromatic ring is 2. The highest BCUT2D eigenvalue weighted by molar-refractivity contribution is 5.94. The van der Waals surface area contributed by atoms with Crippen LogP contribution in [0.25, 0.3) is 11.3 Å². The van der Waals surface area contributed by atoms with Gasteiger partial charge in [0.15, 0.2) is 0 Å². The first-order valence-electron chi connectivity index (χ1n) is 10.2. The molecule has 0 radical (unpaired) electrons. The molecular formula is C24H27N5O3. The maximum Gasteiger partial charge on any atom is 0.224 e. The summed E-state index contributed by atoms with van der Waals surface area (Å²) in [6, 6.07) is 14.0. The molecule has 7 N–H and O–H groups in total. The van der Waals surface area contributed by atoms with Crippen LogP contribution >= 0.6 is 0 Å². The van der Waals surface area contributed by atoms with Crippen molar-refractivity contribution in [2.45, 2.75) is 32.9 Å². The summed E-state index contributed by atoms with van der Waals surface area (Å²) in [4.78, 5) is 25.8. The van der Waals surface area contributed by atoms with Gasteiger partial charge in [-0.05, 0) is 31.5 Å². The molecule has 0 saturated heterocycles. The summed E-state index contributed by atoms with van der Waals surface area (Å²) in [6.45, 7) is 4.10. The highest BCUT2D eigenvalue weighted by Gasteiger charge is 2.19. The highest BCUT2D eigenvalue weighted by Crippen LogP contribution is 2.25. The van der Waals surface area contributed by atoms with E-state index in [4.69, 9.17) is 21.3 Å². The van der Waals surface area contributed by atoms with E-state index < -0.39 is 0 Å². The fourth-order valence-electron chi connectivity index (χ4n) is 3.23. The Kier molecular flexibility index (Phi) is 6.94. The summed E-state index contributed by atoms with van der Waals surface area (Å²) >= 11 is 0. The maximum absolute atomic E-state index is 13.1. The summed E-state index contributed by atoms with van der Waals surface area (Å²) in [6.07, 6.45) is 1.23. The van der Waals surface area contributed by atoms with Gasteiger partial charge in [-0.1, -0.05) is 36.4 Å². The molecule has 0 saturated carbocycles. The number of nitrogens with one attached hydrogen (secondary N) is 3. The number of carbonyl (C=O) groups excluding carboxylic acids is 1. The number of anilines is 2. The third-order valence-corrected chi connectivity index (χ3v) is 4.77. The molecule has 0 unspecified atom stereocenters. The van der Waals surface area contributed by atoms with Crippen LogP contribution < -0.4 is 27.5 Å². The van der Waals surface area contributed by atoms with E-state index in [9.17, 15) is 9.59 Å². The number of amidine groups is 1. The average Bonchev–Trinajstić information content (AvgIpc) is 2.75. The number of benzene rings is 2. The second-order valence-corrected chi connectivity index (χ2v) is 7.77. The lowest BCUT2D eigenvalue weighted by Crippen LogP contribution is -2.28. The molecule has 32 heavy (non-hydrogen) atoms. The predicted octanol–water partition coefficient (Wildman–Crippen LogP) is 2.85. The number of hydrogen-bond acceptors (Lipinski definition) is 6. The van der Waals surface area contributed by atoms with Crippen molar-refractivity contribution in [3.05, 3.63) is 81.7 Å². The molecule has 1 heterocycles. The Labute approximate surface area is 186 Å². The summed E-state index contributed by atoms with van der Waals surface area (Å²) in [5, 5.41) is 13.3. The Morgan fingerprint density at radius 1 is 1.16 bits per heavy atom. The Morgan fingerprint density at radius 3 is 2.50 bits per heavy atom. The largest absolute Gasteiger partial charge is 0.462 e. The van der Waals surface area contributed by atoms with Gasteiger partial charge in [0, 0.05) is 29.4 Å². The molecule has 2 aromatic carbocycles. The summed E-state index contributed by atoms with van der Waals surface area (Å²) in [5.41, 5.74) is 14.2. The van der Waals surface area contributed by atoms with Crippen LogP contribution in [-0.4, -0.2) is 17.8 Å². The van der Waals surface area contributed by atoms with E-state index in [1.165, 1.54) is 6.26 Å². The SMILES string of the molecule is CC(C)Nc1coc(-c2cccc(N)c2)c(CC(=O)NCc2ccc(C(=N)N)cc2)c1=O. The molecule has 8 nitrogen and oxygen atoms in total. The van der Waals surface area contributed by atoms with Gasteiger partial charge in [0.2, 0.25) is 11.3 Å².